The number of hydrogen-bond acceptors (Lipinski definition) is 6. The van der Waals surface area contributed by atoms with Crippen LogP contribution in [0.5, 0.6) is 0 Å². The van der Waals surface area contributed by atoms with E-state index >= 15 is 0 Å². The van der Waals surface area contributed by atoms with E-state index in [0.717, 1.165) is 12.0 Å². The Bertz CT molecular complexity index is 1030. The minimum Gasteiger partial charge on any atom is -0.454 e. The Morgan fingerprint density at radius 3 is 2.33 bits per heavy atom. The van der Waals surface area contributed by atoms with Crippen LogP contribution in [0, 0.1) is 0 Å². The Labute approximate surface area is 184 Å². The fourth-order valence-corrected chi connectivity index (χ4v) is 5.34. The maximum absolute atomic E-state index is 12.9. The van der Waals surface area contributed by atoms with Gasteiger partial charge in [-0.15, -0.1) is 0 Å². The van der Waals surface area contributed by atoms with Gasteiger partial charge in [0.25, 0.3) is 0 Å². The van der Waals surface area contributed by atoms with Crippen LogP contribution in [-0.4, -0.2) is 57.4 Å². The van der Waals surface area contributed by atoms with Crippen molar-refractivity contribution in [2.45, 2.75) is 18.2 Å². The first-order valence-electron chi connectivity index (χ1n) is 9.49. The molecule has 1 fully saturated rings. The molecule has 30 heavy (non-hydrogen) atoms. The molecule has 0 atom stereocenters. The summed E-state index contributed by atoms with van der Waals surface area (Å²) >= 11 is 3.24. The fraction of sp³-hybridized carbons (Fsp3) is 0.333. The van der Waals surface area contributed by atoms with Crippen molar-refractivity contribution in [1.29, 1.82) is 0 Å². The normalized spacial score (nSPS) is 15.0. The van der Waals surface area contributed by atoms with Crippen molar-refractivity contribution in [2.75, 3.05) is 32.9 Å². The summed E-state index contributed by atoms with van der Waals surface area (Å²) in [7, 11) is -3.80. The summed E-state index contributed by atoms with van der Waals surface area (Å²) in [4.78, 5) is 24.7. The number of carbonyl (C=O) groups excluding carboxylic acids is 2. The van der Waals surface area contributed by atoms with Crippen molar-refractivity contribution >= 4 is 37.7 Å². The molecule has 1 aliphatic heterocycles. The van der Waals surface area contributed by atoms with E-state index in [2.05, 4.69) is 15.9 Å². The van der Waals surface area contributed by atoms with Gasteiger partial charge in [0, 0.05) is 23.1 Å². The van der Waals surface area contributed by atoms with Gasteiger partial charge >= 0.3 is 5.97 Å². The predicted molar refractivity (Wildman–Crippen MR) is 114 cm³/mol. The first-order chi connectivity index (χ1) is 14.3. The smallest absolute Gasteiger partial charge is 0.338 e. The van der Waals surface area contributed by atoms with Gasteiger partial charge in [-0.3, -0.25) is 4.79 Å². The second kappa shape index (κ2) is 9.82. The number of Topliss-reactive ketones (excluding diaryl/α,β-unsaturated/α-hetero) is 1. The first kappa shape index (κ1) is 22.6. The zero-order valence-electron chi connectivity index (χ0n) is 16.5. The number of halogens is 1. The highest BCUT2D eigenvalue weighted by molar-refractivity contribution is 9.10. The second-order valence-corrected chi connectivity index (χ2v) is 9.47. The molecule has 3 rings (SSSR count). The quantitative estimate of drug-likeness (QED) is 0.433. The monoisotopic (exact) mass is 495 g/mol. The number of hydrogen-bond donors (Lipinski definition) is 0. The third-order valence-electron chi connectivity index (χ3n) is 4.77. The molecule has 0 aliphatic carbocycles. The number of rotatable bonds is 7. The van der Waals surface area contributed by atoms with Crippen LogP contribution >= 0.6 is 15.9 Å². The minimum absolute atomic E-state index is 0.0275. The number of nitrogens with zero attached hydrogens (tertiary/aromatic N) is 1. The topological polar surface area (TPSA) is 90.0 Å². The lowest BCUT2D eigenvalue weighted by Crippen LogP contribution is -2.40. The summed E-state index contributed by atoms with van der Waals surface area (Å²) in [5, 5.41) is 0. The van der Waals surface area contributed by atoms with Gasteiger partial charge in [0.05, 0.1) is 23.7 Å². The third kappa shape index (κ3) is 5.15. The summed E-state index contributed by atoms with van der Waals surface area (Å²) in [6, 6.07) is 11.3. The Morgan fingerprint density at radius 1 is 1.07 bits per heavy atom. The molecule has 0 saturated carbocycles. The number of benzene rings is 2. The summed E-state index contributed by atoms with van der Waals surface area (Å²) in [5.41, 5.74) is 1.61. The van der Waals surface area contributed by atoms with E-state index in [4.69, 9.17) is 9.47 Å². The average molecular weight is 496 g/mol. The highest BCUT2D eigenvalue weighted by Crippen LogP contribution is 2.27. The van der Waals surface area contributed by atoms with Gasteiger partial charge in [0.2, 0.25) is 10.0 Å². The van der Waals surface area contributed by atoms with Crippen molar-refractivity contribution in [2.24, 2.45) is 0 Å². The molecule has 0 amide bonds. The van der Waals surface area contributed by atoms with Gasteiger partial charge in [-0.1, -0.05) is 31.2 Å². The van der Waals surface area contributed by atoms with E-state index in [1.165, 1.54) is 22.5 Å². The van der Waals surface area contributed by atoms with E-state index < -0.39 is 22.6 Å². The molecule has 1 heterocycles. The summed E-state index contributed by atoms with van der Waals surface area (Å²) in [5.74, 6) is -1.09. The Hall–Kier alpha value is -2.07. The standard InChI is InChI=1S/C21H22BrNO6S/c1-2-15-3-5-16(6-4-15)19(24)14-29-21(25)17-7-8-18(22)20(13-17)30(26,27)23-9-11-28-12-10-23/h3-8,13H,2,9-12,14H2,1H3. The van der Waals surface area contributed by atoms with Crippen molar-refractivity contribution < 1.29 is 27.5 Å². The predicted octanol–water partition coefficient (Wildman–Crippen LogP) is 3.07. The van der Waals surface area contributed by atoms with Crippen molar-refractivity contribution in [3.8, 4) is 0 Å². The van der Waals surface area contributed by atoms with Crippen LogP contribution in [0.3, 0.4) is 0 Å². The summed E-state index contributed by atoms with van der Waals surface area (Å²) in [6.45, 7) is 2.72. The number of ketones is 1. The van der Waals surface area contributed by atoms with Gasteiger partial charge in [-0.2, -0.15) is 4.31 Å². The van der Waals surface area contributed by atoms with E-state index in [1.54, 1.807) is 12.1 Å². The van der Waals surface area contributed by atoms with Gasteiger partial charge in [-0.05, 0) is 46.1 Å². The van der Waals surface area contributed by atoms with Crippen molar-refractivity contribution in [3.05, 3.63) is 63.6 Å². The van der Waals surface area contributed by atoms with Crippen LogP contribution in [0.25, 0.3) is 0 Å². The number of carbonyl (C=O) groups is 2. The zero-order chi connectivity index (χ0) is 21.7. The minimum atomic E-state index is -3.80. The lowest BCUT2D eigenvalue weighted by molar-refractivity contribution is 0.0474. The molecule has 0 aromatic heterocycles. The lowest BCUT2D eigenvalue weighted by Gasteiger charge is -2.26. The molecule has 1 aliphatic rings. The molecule has 160 valence electrons. The third-order valence-corrected chi connectivity index (χ3v) is 7.67. The number of sulfonamides is 1. The van der Waals surface area contributed by atoms with Crippen LogP contribution in [-0.2, 0) is 25.9 Å². The SMILES string of the molecule is CCc1ccc(C(=O)COC(=O)c2ccc(Br)c(S(=O)(=O)N3CCOCC3)c2)cc1. The van der Waals surface area contributed by atoms with E-state index in [9.17, 15) is 18.0 Å². The molecule has 7 nitrogen and oxygen atoms in total. The summed E-state index contributed by atoms with van der Waals surface area (Å²) < 4.78 is 37.8. The Balaban J connectivity index is 1.71. The molecule has 0 N–H and O–H groups in total. The number of morpholine rings is 1. The number of aryl methyl sites for hydroxylation is 1. The van der Waals surface area contributed by atoms with Crippen molar-refractivity contribution in [1.82, 2.24) is 4.31 Å². The molecule has 1 saturated heterocycles. The highest BCUT2D eigenvalue weighted by atomic mass is 79.9. The molecule has 0 unspecified atom stereocenters. The summed E-state index contributed by atoms with van der Waals surface area (Å²) in [6.07, 6.45) is 0.864. The van der Waals surface area contributed by atoms with Crippen LogP contribution < -0.4 is 0 Å². The Kier molecular flexibility index (Phi) is 7.41. The molecule has 0 bridgehead atoms. The van der Waals surface area contributed by atoms with E-state index in [1.807, 2.05) is 19.1 Å². The molecular weight excluding hydrogens is 474 g/mol. The van der Waals surface area contributed by atoms with Crippen LogP contribution in [0.15, 0.2) is 51.8 Å². The molecule has 2 aromatic carbocycles. The van der Waals surface area contributed by atoms with Gasteiger partial charge < -0.3 is 9.47 Å². The lowest BCUT2D eigenvalue weighted by atomic mass is 10.1. The largest absolute Gasteiger partial charge is 0.454 e. The molecular formula is C21H22BrNO6S. The van der Waals surface area contributed by atoms with Gasteiger partial charge in [0.1, 0.15) is 0 Å². The van der Waals surface area contributed by atoms with Crippen LogP contribution in [0.2, 0.25) is 0 Å². The van der Waals surface area contributed by atoms with Crippen molar-refractivity contribution in [3.63, 3.8) is 0 Å². The maximum Gasteiger partial charge on any atom is 0.338 e. The fourth-order valence-electron chi connectivity index (χ4n) is 2.98. The number of ether oxygens (including phenoxy) is 2. The molecule has 0 radical (unpaired) electrons. The molecule has 9 heteroatoms. The average Bonchev–Trinajstić information content (AvgIpc) is 2.78. The molecule has 2 aromatic rings. The first-order valence-corrected chi connectivity index (χ1v) is 11.7. The Morgan fingerprint density at radius 2 is 1.70 bits per heavy atom. The van der Waals surface area contributed by atoms with Crippen LogP contribution in [0.4, 0.5) is 0 Å². The molecule has 0 spiro atoms. The highest BCUT2D eigenvalue weighted by Gasteiger charge is 2.29. The van der Waals surface area contributed by atoms with Gasteiger partial charge in [-0.25, -0.2) is 13.2 Å². The van der Waals surface area contributed by atoms with E-state index in [-0.39, 0.29) is 29.3 Å². The second-order valence-electron chi connectivity index (χ2n) is 6.71. The maximum atomic E-state index is 12.9. The number of esters is 1. The van der Waals surface area contributed by atoms with Crippen LogP contribution in [0.1, 0.15) is 33.2 Å². The van der Waals surface area contributed by atoms with E-state index in [0.29, 0.717) is 23.2 Å². The van der Waals surface area contributed by atoms with Gasteiger partial charge in [0.15, 0.2) is 12.4 Å². The zero-order valence-corrected chi connectivity index (χ0v) is 18.9.